The molecule has 8 heteroatoms. The minimum absolute atomic E-state index is 0.0453. The van der Waals surface area contributed by atoms with E-state index in [9.17, 15) is 9.59 Å². The molecule has 0 saturated heterocycles. The molecule has 7 nitrogen and oxygen atoms in total. The van der Waals surface area contributed by atoms with Crippen molar-refractivity contribution in [2.75, 3.05) is 20.2 Å². The summed E-state index contributed by atoms with van der Waals surface area (Å²) < 4.78 is 13.7. The third-order valence-corrected chi connectivity index (χ3v) is 5.70. The number of methoxy groups -OCH3 is 1. The fourth-order valence-corrected chi connectivity index (χ4v) is 4.43. The van der Waals surface area contributed by atoms with Crippen molar-refractivity contribution in [2.45, 2.75) is 38.8 Å². The average molecular weight is 511 g/mol. The monoisotopic (exact) mass is 511 g/mol. The number of hydrogen-bond donors (Lipinski definition) is 2. The molecule has 3 rings (SSSR count). The van der Waals surface area contributed by atoms with E-state index in [1.165, 1.54) is 0 Å². The molecule has 0 aliphatic carbocycles. The maximum atomic E-state index is 12.4. The Labute approximate surface area is 184 Å². The smallest absolute Gasteiger partial charge is 0.407 e. The Morgan fingerprint density at radius 2 is 2.10 bits per heavy atom. The van der Waals surface area contributed by atoms with Gasteiger partial charge in [0.05, 0.1) is 16.9 Å². The Balaban J connectivity index is 1.79. The molecular weight excluding hydrogens is 485 g/mol. The first-order chi connectivity index (χ1) is 13.7. The van der Waals surface area contributed by atoms with Gasteiger partial charge in [0.2, 0.25) is 0 Å². The largest absolute Gasteiger partial charge is 0.497 e. The van der Waals surface area contributed by atoms with Gasteiger partial charge in [-0.2, -0.15) is 0 Å². The van der Waals surface area contributed by atoms with Crippen molar-refractivity contribution in [3.8, 4) is 16.9 Å². The molecule has 0 fully saturated rings. The van der Waals surface area contributed by atoms with Gasteiger partial charge in [-0.15, -0.1) is 0 Å². The molecule has 1 aromatic heterocycles. The van der Waals surface area contributed by atoms with Gasteiger partial charge in [0.1, 0.15) is 17.0 Å². The molecule has 0 spiro atoms. The zero-order valence-electron chi connectivity index (χ0n) is 17.0. The Kier molecular flexibility index (Phi) is 6.40. The predicted molar refractivity (Wildman–Crippen MR) is 119 cm³/mol. The number of carbonyl (C=O) groups excluding carboxylic acids is 2. The van der Waals surface area contributed by atoms with E-state index in [2.05, 4.69) is 37.8 Å². The predicted octanol–water partition coefficient (Wildman–Crippen LogP) is 3.97. The normalized spacial score (nSPS) is 16.0. The number of nitrogens with one attached hydrogen (secondary N) is 2. The number of amides is 2. The van der Waals surface area contributed by atoms with E-state index in [1.54, 1.807) is 7.11 Å². The number of halogens is 1. The lowest BCUT2D eigenvalue weighted by atomic mass is 10.1. The van der Waals surface area contributed by atoms with Crippen LogP contribution < -0.4 is 15.4 Å². The molecule has 156 valence electrons. The van der Waals surface area contributed by atoms with Crippen LogP contribution in [0, 0.1) is 3.70 Å². The first kappa shape index (κ1) is 21.5. The first-order valence-corrected chi connectivity index (χ1v) is 10.6. The molecule has 1 unspecified atom stereocenters. The second-order valence-corrected chi connectivity index (χ2v) is 8.94. The molecule has 0 radical (unpaired) electrons. The molecule has 2 aromatic rings. The van der Waals surface area contributed by atoms with Crippen molar-refractivity contribution in [3.63, 3.8) is 0 Å². The fraction of sp³-hybridized carbons (Fsp3) is 0.429. The van der Waals surface area contributed by atoms with Crippen LogP contribution in [0.5, 0.6) is 5.75 Å². The van der Waals surface area contributed by atoms with Crippen LogP contribution in [0.15, 0.2) is 30.3 Å². The summed E-state index contributed by atoms with van der Waals surface area (Å²) in [7, 11) is 1.63. The van der Waals surface area contributed by atoms with Gasteiger partial charge in [-0.25, -0.2) is 4.79 Å². The molecule has 0 bridgehead atoms. The zero-order chi connectivity index (χ0) is 21.2. The van der Waals surface area contributed by atoms with Crippen molar-refractivity contribution in [2.24, 2.45) is 0 Å². The number of aromatic nitrogens is 1. The van der Waals surface area contributed by atoms with Gasteiger partial charge in [-0.3, -0.25) is 4.79 Å². The highest BCUT2D eigenvalue weighted by Gasteiger charge is 2.29. The number of hydrogen-bond acceptors (Lipinski definition) is 4. The lowest BCUT2D eigenvalue weighted by Crippen LogP contribution is -2.41. The minimum Gasteiger partial charge on any atom is -0.497 e. The molecule has 2 heterocycles. The van der Waals surface area contributed by atoms with Gasteiger partial charge < -0.3 is 24.7 Å². The number of ether oxygens (including phenoxy) is 2. The summed E-state index contributed by atoms with van der Waals surface area (Å²) >= 11 is 2.28. The summed E-state index contributed by atoms with van der Waals surface area (Å²) in [5.74, 6) is 0.679. The molecular formula is C21H26IN3O4. The lowest BCUT2D eigenvalue weighted by molar-refractivity contribution is 0.0523. The number of fused-ring (bicyclic) bond motifs is 1. The quantitative estimate of drug-likeness (QED) is 0.596. The highest BCUT2D eigenvalue weighted by Crippen LogP contribution is 2.34. The van der Waals surface area contributed by atoms with Crippen LogP contribution in [0.3, 0.4) is 0 Å². The Morgan fingerprint density at radius 3 is 2.79 bits per heavy atom. The summed E-state index contributed by atoms with van der Waals surface area (Å²) in [6.45, 7) is 6.47. The summed E-state index contributed by atoms with van der Waals surface area (Å²) in [5, 5.41) is 5.74. The van der Waals surface area contributed by atoms with E-state index in [4.69, 9.17) is 9.47 Å². The second-order valence-electron chi connectivity index (χ2n) is 7.92. The van der Waals surface area contributed by atoms with Crippen LogP contribution >= 0.6 is 22.6 Å². The number of alkyl carbamates (subject to hydrolysis) is 1. The zero-order valence-corrected chi connectivity index (χ0v) is 19.2. The fourth-order valence-electron chi connectivity index (χ4n) is 3.30. The first-order valence-electron chi connectivity index (χ1n) is 9.50. The van der Waals surface area contributed by atoms with Crippen LogP contribution in [0.25, 0.3) is 11.1 Å². The van der Waals surface area contributed by atoms with Crippen molar-refractivity contribution in [3.05, 3.63) is 39.7 Å². The van der Waals surface area contributed by atoms with Gasteiger partial charge in [0.25, 0.3) is 5.91 Å². The van der Waals surface area contributed by atoms with Gasteiger partial charge in [0, 0.05) is 18.7 Å². The van der Waals surface area contributed by atoms with Gasteiger partial charge in [-0.1, -0.05) is 12.1 Å². The van der Waals surface area contributed by atoms with Crippen LogP contribution in [0.2, 0.25) is 0 Å². The standard InChI is InChI=1S/C21H26IN3O4/c1-21(2,3)29-20(27)23-9-8-14-12-24-19(26)17-11-16(18(22)25(14)17)13-6-5-7-15(10-13)28-4/h5-7,10-11,14H,8-9,12H2,1-4H3,(H,23,27)(H,24,26). The number of nitrogens with zero attached hydrogens (tertiary/aromatic N) is 1. The molecule has 1 aliphatic heterocycles. The summed E-state index contributed by atoms with van der Waals surface area (Å²) in [6, 6.07) is 9.75. The van der Waals surface area contributed by atoms with Crippen LogP contribution in [0.4, 0.5) is 4.79 Å². The van der Waals surface area contributed by atoms with Gasteiger partial charge >= 0.3 is 6.09 Å². The Hall–Kier alpha value is -2.23. The van der Waals surface area contributed by atoms with E-state index >= 15 is 0 Å². The van der Waals surface area contributed by atoms with E-state index in [0.717, 1.165) is 20.6 Å². The lowest BCUT2D eigenvalue weighted by Gasteiger charge is -2.28. The molecule has 2 amide bonds. The molecule has 29 heavy (non-hydrogen) atoms. The van der Waals surface area contributed by atoms with E-state index < -0.39 is 11.7 Å². The maximum absolute atomic E-state index is 12.4. The topological polar surface area (TPSA) is 81.6 Å². The second kappa shape index (κ2) is 8.64. The summed E-state index contributed by atoms with van der Waals surface area (Å²) in [6.07, 6.45) is 0.242. The van der Waals surface area contributed by atoms with Gasteiger partial charge in [-0.05, 0) is 73.5 Å². The van der Waals surface area contributed by atoms with Crippen molar-refractivity contribution >= 4 is 34.6 Å². The van der Waals surface area contributed by atoms with Crippen molar-refractivity contribution < 1.29 is 19.1 Å². The highest BCUT2D eigenvalue weighted by molar-refractivity contribution is 14.1. The Morgan fingerprint density at radius 1 is 1.34 bits per heavy atom. The van der Waals surface area contributed by atoms with E-state index in [-0.39, 0.29) is 11.9 Å². The van der Waals surface area contributed by atoms with Crippen LogP contribution in [0.1, 0.15) is 43.7 Å². The Bertz CT molecular complexity index is 917. The number of rotatable bonds is 5. The number of carbonyl (C=O) groups is 2. The van der Waals surface area contributed by atoms with Crippen molar-refractivity contribution in [1.29, 1.82) is 0 Å². The number of benzene rings is 1. The minimum atomic E-state index is -0.530. The average Bonchev–Trinajstić information content (AvgIpc) is 3.01. The van der Waals surface area contributed by atoms with Gasteiger partial charge in [0.15, 0.2) is 0 Å². The maximum Gasteiger partial charge on any atom is 0.407 e. The molecule has 0 saturated carbocycles. The van der Waals surface area contributed by atoms with Crippen LogP contribution in [-0.4, -0.2) is 42.4 Å². The van der Waals surface area contributed by atoms with Crippen LogP contribution in [-0.2, 0) is 4.74 Å². The molecule has 1 aromatic carbocycles. The third kappa shape index (κ3) is 5.04. The summed E-state index contributed by atoms with van der Waals surface area (Å²) in [5.41, 5.74) is 2.08. The third-order valence-electron chi connectivity index (χ3n) is 4.60. The van der Waals surface area contributed by atoms with Crippen molar-refractivity contribution in [1.82, 2.24) is 15.2 Å². The SMILES string of the molecule is COc1cccc(-c2cc3n(c2I)C(CCNC(=O)OC(C)(C)C)CNC3=O)c1. The highest BCUT2D eigenvalue weighted by atomic mass is 127. The van der Waals surface area contributed by atoms with E-state index in [0.29, 0.717) is 25.2 Å². The molecule has 2 N–H and O–H groups in total. The molecule has 1 atom stereocenters. The summed E-state index contributed by atoms with van der Waals surface area (Å²) in [4.78, 5) is 24.3. The van der Waals surface area contributed by atoms with E-state index in [1.807, 2.05) is 51.1 Å². The molecule has 1 aliphatic rings.